The maximum absolute atomic E-state index is 13.4. The lowest BCUT2D eigenvalue weighted by Gasteiger charge is -2.48. The zero-order valence-corrected chi connectivity index (χ0v) is 13.5. The molecule has 2 aliphatic rings. The van der Waals surface area contributed by atoms with Gasteiger partial charge in [0.25, 0.3) is 0 Å². The summed E-state index contributed by atoms with van der Waals surface area (Å²) in [6.45, 7) is 2.60. The molecule has 0 radical (unpaired) electrons. The number of nitrogens with zero attached hydrogens (tertiary/aromatic N) is 2. The fraction of sp³-hybridized carbons (Fsp3) is 0.600. The fourth-order valence-corrected chi connectivity index (χ4v) is 4.21. The number of rotatable bonds is 2. The second-order valence-corrected chi connectivity index (χ2v) is 8.12. The SMILES string of the molecule is CS(=O)(=O)N1CCOC2(CCCN(c3cccc(F)c3)C2)C1. The van der Waals surface area contributed by atoms with E-state index in [1.54, 1.807) is 6.07 Å². The molecule has 0 amide bonds. The first-order valence-corrected chi connectivity index (χ1v) is 9.32. The summed E-state index contributed by atoms with van der Waals surface area (Å²) in [5.74, 6) is -0.264. The molecule has 7 heteroatoms. The Hall–Kier alpha value is -1.18. The Morgan fingerprint density at radius 1 is 1.27 bits per heavy atom. The summed E-state index contributed by atoms with van der Waals surface area (Å²) in [7, 11) is -3.22. The van der Waals surface area contributed by atoms with Crippen molar-refractivity contribution in [3.8, 4) is 0 Å². The van der Waals surface area contributed by atoms with Gasteiger partial charge < -0.3 is 9.64 Å². The van der Waals surface area contributed by atoms with Crippen LogP contribution in [0.5, 0.6) is 0 Å². The van der Waals surface area contributed by atoms with E-state index in [1.165, 1.54) is 22.7 Å². The summed E-state index contributed by atoms with van der Waals surface area (Å²) in [5.41, 5.74) is 0.325. The van der Waals surface area contributed by atoms with E-state index in [4.69, 9.17) is 4.74 Å². The average Bonchev–Trinajstić information content (AvgIpc) is 2.46. The van der Waals surface area contributed by atoms with Gasteiger partial charge in [-0.15, -0.1) is 0 Å². The van der Waals surface area contributed by atoms with Crippen molar-refractivity contribution in [2.75, 3.05) is 43.9 Å². The van der Waals surface area contributed by atoms with E-state index in [-0.39, 0.29) is 5.82 Å². The van der Waals surface area contributed by atoms with Gasteiger partial charge in [-0.25, -0.2) is 12.8 Å². The van der Waals surface area contributed by atoms with Crippen LogP contribution in [0.15, 0.2) is 24.3 Å². The number of benzene rings is 1. The molecule has 122 valence electrons. The molecule has 1 atom stereocenters. The van der Waals surface area contributed by atoms with Gasteiger partial charge in [0.15, 0.2) is 0 Å². The molecule has 0 aliphatic carbocycles. The minimum Gasteiger partial charge on any atom is -0.370 e. The smallest absolute Gasteiger partial charge is 0.211 e. The van der Waals surface area contributed by atoms with Crippen molar-refractivity contribution in [2.24, 2.45) is 0 Å². The molecule has 1 aromatic rings. The monoisotopic (exact) mass is 328 g/mol. The highest BCUT2D eigenvalue weighted by Crippen LogP contribution is 2.32. The predicted octanol–water partition coefficient (Wildman–Crippen LogP) is 1.46. The Bertz CT molecular complexity index is 648. The second-order valence-electron chi connectivity index (χ2n) is 6.13. The molecule has 0 N–H and O–H groups in total. The molecule has 0 bridgehead atoms. The molecule has 22 heavy (non-hydrogen) atoms. The van der Waals surface area contributed by atoms with E-state index < -0.39 is 15.6 Å². The van der Waals surface area contributed by atoms with E-state index in [0.29, 0.717) is 26.2 Å². The van der Waals surface area contributed by atoms with Crippen LogP contribution in [0, 0.1) is 5.82 Å². The van der Waals surface area contributed by atoms with Crippen molar-refractivity contribution in [3.63, 3.8) is 0 Å². The van der Waals surface area contributed by atoms with Gasteiger partial charge in [0.1, 0.15) is 5.82 Å². The van der Waals surface area contributed by atoms with Crippen LogP contribution in [0.4, 0.5) is 10.1 Å². The summed E-state index contributed by atoms with van der Waals surface area (Å²) >= 11 is 0. The Balaban J connectivity index is 1.80. The van der Waals surface area contributed by atoms with Crippen molar-refractivity contribution in [1.82, 2.24) is 4.31 Å². The van der Waals surface area contributed by atoms with Crippen molar-refractivity contribution < 1.29 is 17.5 Å². The summed E-state index contributed by atoms with van der Waals surface area (Å²) < 4.78 is 44.5. The largest absolute Gasteiger partial charge is 0.370 e. The lowest BCUT2D eigenvalue weighted by molar-refractivity contribution is -0.0948. The lowest BCUT2D eigenvalue weighted by atomic mass is 9.91. The Morgan fingerprint density at radius 2 is 2.09 bits per heavy atom. The number of ether oxygens (including phenoxy) is 1. The molecule has 2 heterocycles. The maximum Gasteiger partial charge on any atom is 0.211 e. The number of morpholine rings is 1. The van der Waals surface area contributed by atoms with Gasteiger partial charge in [0.05, 0.1) is 18.5 Å². The van der Waals surface area contributed by atoms with Crippen LogP contribution >= 0.6 is 0 Å². The van der Waals surface area contributed by atoms with Gasteiger partial charge >= 0.3 is 0 Å². The minimum absolute atomic E-state index is 0.264. The normalized spacial score (nSPS) is 27.3. The van der Waals surface area contributed by atoms with E-state index >= 15 is 0 Å². The Kier molecular flexibility index (Phi) is 4.13. The minimum atomic E-state index is -3.22. The quantitative estimate of drug-likeness (QED) is 0.825. The molecule has 2 aliphatic heterocycles. The Morgan fingerprint density at radius 3 is 2.82 bits per heavy atom. The molecular weight excluding hydrogens is 307 g/mol. The van der Waals surface area contributed by atoms with Gasteiger partial charge in [-0.2, -0.15) is 4.31 Å². The molecule has 1 aromatic carbocycles. The summed E-state index contributed by atoms with van der Waals surface area (Å²) in [4.78, 5) is 2.08. The van der Waals surface area contributed by atoms with Crippen molar-refractivity contribution in [3.05, 3.63) is 30.1 Å². The summed E-state index contributed by atoms with van der Waals surface area (Å²) in [5, 5.41) is 0. The number of piperidine rings is 1. The fourth-order valence-electron chi connectivity index (χ4n) is 3.33. The van der Waals surface area contributed by atoms with Crippen LogP contribution in [0.3, 0.4) is 0 Å². The molecule has 1 unspecified atom stereocenters. The summed E-state index contributed by atoms with van der Waals surface area (Å²) in [6, 6.07) is 6.50. The van der Waals surface area contributed by atoms with E-state index in [2.05, 4.69) is 4.90 Å². The van der Waals surface area contributed by atoms with E-state index in [0.717, 1.165) is 25.1 Å². The molecule has 2 saturated heterocycles. The lowest BCUT2D eigenvalue weighted by Crippen LogP contribution is -2.60. The highest BCUT2D eigenvalue weighted by molar-refractivity contribution is 7.88. The average molecular weight is 328 g/mol. The van der Waals surface area contributed by atoms with Crippen molar-refractivity contribution >= 4 is 15.7 Å². The first-order valence-electron chi connectivity index (χ1n) is 7.48. The Labute approximate surface area is 130 Å². The third-order valence-electron chi connectivity index (χ3n) is 4.40. The maximum atomic E-state index is 13.4. The zero-order chi connectivity index (χ0) is 15.8. The number of hydrogen-bond acceptors (Lipinski definition) is 4. The topological polar surface area (TPSA) is 49.9 Å². The molecule has 5 nitrogen and oxygen atoms in total. The van der Waals surface area contributed by atoms with Crippen LogP contribution < -0.4 is 4.90 Å². The number of anilines is 1. The van der Waals surface area contributed by atoms with Crippen LogP contribution in [-0.2, 0) is 14.8 Å². The van der Waals surface area contributed by atoms with Crippen molar-refractivity contribution in [2.45, 2.75) is 18.4 Å². The zero-order valence-electron chi connectivity index (χ0n) is 12.7. The van der Waals surface area contributed by atoms with Gasteiger partial charge in [-0.3, -0.25) is 0 Å². The van der Waals surface area contributed by atoms with Gasteiger partial charge in [0, 0.05) is 31.9 Å². The first kappa shape index (κ1) is 15.7. The van der Waals surface area contributed by atoms with Crippen molar-refractivity contribution in [1.29, 1.82) is 0 Å². The van der Waals surface area contributed by atoms with Crippen LogP contribution in [0.25, 0.3) is 0 Å². The molecule has 1 spiro atoms. The second kappa shape index (κ2) is 5.79. The first-order chi connectivity index (χ1) is 10.4. The molecular formula is C15H21FN2O3S. The number of halogens is 1. The predicted molar refractivity (Wildman–Crippen MR) is 82.9 cm³/mol. The number of sulfonamides is 1. The van der Waals surface area contributed by atoms with Gasteiger partial charge in [-0.1, -0.05) is 6.07 Å². The standard InChI is InChI=1S/C15H21FN2O3S/c1-22(19,20)18-8-9-21-15(12-18)6-3-7-17(11-15)14-5-2-4-13(16)10-14/h2,4-5,10H,3,6-9,11-12H2,1H3. The summed E-state index contributed by atoms with van der Waals surface area (Å²) in [6.07, 6.45) is 2.96. The van der Waals surface area contributed by atoms with Crippen LogP contribution in [0.2, 0.25) is 0 Å². The van der Waals surface area contributed by atoms with Gasteiger partial charge in [0.2, 0.25) is 10.0 Å². The van der Waals surface area contributed by atoms with E-state index in [9.17, 15) is 12.8 Å². The molecule has 3 rings (SSSR count). The highest BCUT2D eigenvalue weighted by Gasteiger charge is 2.42. The van der Waals surface area contributed by atoms with E-state index in [1.807, 2.05) is 6.07 Å². The number of hydrogen-bond donors (Lipinski definition) is 0. The third-order valence-corrected chi connectivity index (χ3v) is 5.64. The van der Waals surface area contributed by atoms with Gasteiger partial charge in [-0.05, 0) is 31.0 Å². The van der Waals surface area contributed by atoms with Crippen LogP contribution in [0.1, 0.15) is 12.8 Å². The highest BCUT2D eigenvalue weighted by atomic mass is 32.2. The van der Waals surface area contributed by atoms with Crippen LogP contribution in [-0.4, -0.2) is 57.4 Å². The molecule has 2 fully saturated rings. The molecule has 0 saturated carbocycles. The molecule has 0 aromatic heterocycles. The third kappa shape index (κ3) is 3.26.